The molecular formula is C20H19N3OS2. The van der Waals surface area contributed by atoms with Crippen molar-refractivity contribution in [3.8, 4) is 11.3 Å². The molecule has 0 atom stereocenters. The molecule has 0 saturated heterocycles. The fourth-order valence-electron chi connectivity index (χ4n) is 3.03. The van der Waals surface area contributed by atoms with Crippen LogP contribution in [0.5, 0.6) is 0 Å². The average Bonchev–Trinajstić information content (AvgIpc) is 3.29. The van der Waals surface area contributed by atoms with Gasteiger partial charge in [-0.1, -0.05) is 29.8 Å². The monoisotopic (exact) mass is 381 g/mol. The van der Waals surface area contributed by atoms with Crippen molar-refractivity contribution in [3.05, 3.63) is 58.4 Å². The first-order valence-corrected chi connectivity index (χ1v) is 10.2. The van der Waals surface area contributed by atoms with Gasteiger partial charge in [-0.15, -0.1) is 22.7 Å². The molecule has 0 saturated carbocycles. The van der Waals surface area contributed by atoms with Gasteiger partial charge in [0, 0.05) is 17.0 Å². The molecule has 0 radical (unpaired) electrons. The fourth-order valence-corrected chi connectivity index (χ4v) is 4.55. The molecule has 0 fully saturated rings. The normalized spacial score (nSPS) is 11.4. The number of nitrogens with zero attached hydrogens (tertiary/aromatic N) is 2. The highest BCUT2D eigenvalue weighted by atomic mass is 32.1. The molecule has 1 N–H and O–H groups in total. The Labute approximate surface area is 160 Å². The molecule has 6 heteroatoms. The van der Waals surface area contributed by atoms with E-state index in [2.05, 4.69) is 59.2 Å². The number of thiazole rings is 1. The first-order valence-electron chi connectivity index (χ1n) is 8.45. The van der Waals surface area contributed by atoms with Gasteiger partial charge in [-0.25, -0.2) is 4.98 Å². The number of aromatic nitrogens is 2. The van der Waals surface area contributed by atoms with Crippen LogP contribution < -0.4 is 5.32 Å². The minimum Gasteiger partial charge on any atom is -0.333 e. The number of hydrogen-bond donors (Lipinski definition) is 1. The number of carbonyl (C=O) groups excluding carboxylic acids is 1. The van der Waals surface area contributed by atoms with Crippen molar-refractivity contribution in [3.63, 3.8) is 0 Å². The van der Waals surface area contributed by atoms with E-state index in [-0.39, 0.29) is 11.9 Å². The number of thiophene rings is 1. The third-order valence-electron chi connectivity index (χ3n) is 4.28. The Morgan fingerprint density at radius 1 is 1.15 bits per heavy atom. The van der Waals surface area contributed by atoms with Crippen molar-refractivity contribution >= 4 is 43.9 Å². The largest absolute Gasteiger partial charge is 0.333 e. The van der Waals surface area contributed by atoms with Gasteiger partial charge in [-0.2, -0.15) is 0 Å². The number of aryl methyl sites for hydroxylation is 1. The lowest BCUT2D eigenvalue weighted by Crippen LogP contribution is -2.18. The van der Waals surface area contributed by atoms with E-state index >= 15 is 0 Å². The van der Waals surface area contributed by atoms with Crippen LogP contribution in [0.4, 0.5) is 5.13 Å². The smallest absolute Gasteiger partial charge is 0.274 e. The van der Waals surface area contributed by atoms with Gasteiger partial charge in [0.15, 0.2) is 5.13 Å². The van der Waals surface area contributed by atoms with Crippen molar-refractivity contribution in [2.75, 3.05) is 5.32 Å². The van der Waals surface area contributed by atoms with Crippen LogP contribution in [0.2, 0.25) is 0 Å². The molecule has 0 unspecified atom stereocenters. The SMILES string of the molecule is Cc1ccc(-c2csc(NC(=O)c3cc4sccc4n3C(C)C)n2)cc1. The third kappa shape index (κ3) is 3.06. The van der Waals surface area contributed by atoms with E-state index in [9.17, 15) is 4.79 Å². The summed E-state index contributed by atoms with van der Waals surface area (Å²) in [5.41, 5.74) is 4.93. The predicted octanol–water partition coefficient (Wildman–Crippen LogP) is 5.97. The maximum absolute atomic E-state index is 12.8. The molecule has 4 nitrogen and oxygen atoms in total. The first-order chi connectivity index (χ1) is 12.5. The summed E-state index contributed by atoms with van der Waals surface area (Å²) in [6, 6.07) is 12.5. The molecule has 4 aromatic rings. The van der Waals surface area contributed by atoms with E-state index in [4.69, 9.17) is 0 Å². The van der Waals surface area contributed by atoms with E-state index in [1.807, 2.05) is 23.6 Å². The molecule has 0 bridgehead atoms. The molecule has 0 aliphatic rings. The quantitative estimate of drug-likeness (QED) is 0.473. The highest BCUT2D eigenvalue weighted by molar-refractivity contribution is 7.17. The lowest BCUT2D eigenvalue weighted by molar-refractivity contribution is 0.101. The molecule has 0 spiro atoms. The van der Waals surface area contributed by atoms with Crippen LogP contribution in [0.1, 0.15) is 35.9 Å². The van der Waals surface area contributed by atoms with Crippen LogP contribution in [-0.4, -0.2) is 15.5 Å². The van der Waals surface area contributed by atoms with Gasteiger partial charge in [0.2, 0.25) is 0 Å². The number of nitrogens with one attached hydrogen (secondary N) is 1. The molecule has 26 heavy (non-hydrogen) atoms. The van der Waals surface area contributed by atoms with Gasteiger partial charge >= 0.3 is 0 Å². The number of fused-ring (bicyclic) bond motifs is 1. The Bertz CT molecular complexity index is 1070. The zero-order chi connectivity index (χ0) is 18.3. The van der Waals surface area contributed by atoms with Crippen molar-refractivity contribution < 1.29 is 4.79 Å². The number of hydrogen-bond acceptors (Lipinski definition) is 4. The van der Waals surface area contributed by atoms with Crippen LogP contribution in [0.15, 0.2) is 47.2 Å². The van der Waals surface area contributed by atoms with Gasteiger partial charge < -0.3 is 4.57 Å². The Morgan fingerprint density at radius 2 is 1.92 bits per heavy atom. The summed E-state index contributed by atoms with van der Waals surface area (Å²) in [7, 11) is 0. The lowest BCUT2D eigenvalue weighted by atomic mass is 10.1. The minimum atomic E-state index is -0.119. The second kappa shape index (κ2) is 6.70. The summed E-state index contributed by atoms with van der Waals surface area (Å²) in [4.78, 5) is 17.4. The summed E-state index contributed by atoms with van der Waals surface area (Å²) in [5.74, 6) is -0.119. The highest BCUT2D eigenvalue weighted by Crippen LogP contribution is 2.30. The maximum atomic E-state index is 12.8. The Hall–Kier alpha value is -2.44. The van der Waals surface area contributed by atoms with E-state index in [0.717, 1.165) is 21.5 Å². The Kier molecular flexibility index (Phi) is 4.38. The zero-order valence-corrected chi connectivity index (χ0v) is 16.4. The number of benzene rings is 1. The fraction of sp³-hybridized carbons (Fsp3) is 0.200. The first kappa shape index (κ1) is 17.0. The standard InChI is InChI=1S/C20H19N3OS2/c1-12(2)23-16-8-9-25-18(16)10-17(23)19(24)22-20-21-15(11-26-20)14-6-4-13(3)5-7-14/h4-12H,1-3H3,(H,21,22,24). The molecule has 3 heterocycles. The van der Waals surface area contributed by atoms with E-state index < -0.39 is 0 Å². The van der Waals surface area contributed by atoms with Crippen molar-refractivity contribution in [2.24, 2.45) is 0 Å². The molecule has 1 amide bonds. The van der Waals surface area contributed by atoms with Crippen molar-refractivity contribution in [2.45, 2.75) is 26.8 Å². The van der Waals surface area contributed by atoms with Gasteiger partial charge in [0.1, 0.15) is 5.69 Å². The summed E-state index contributed by atoms with van der Waals surface area (Å²) >= 11 is 3.10. The van der Waals surface area contributed by atoms with Gasteiger partial charge in [-0.3, -0.25) is 10.1 Å². The second-order valence-electron chi connectivity index (χ2n) is 6.52. The topological polar surface area (TPSA) is 46.9 Å². The van der Waals surface area contributed by atoms with Crippen molar-refractivity contribution in [1.29, 1.82) is 0 Å². The minimum absolute atomic E-state index is 0.119. The molecule has 0 aliphatic heterocycles. The molecule has 132 valence electrons. The Morgan fingerprint density at radius 3 is 2.65 bits per heavy atom. The zero-order valence-electron chi connectivity index (χ0n) is 14.8. The van der Waals surface area contributed by atoms with E-state index in [1.165, 1.54) is 16.9 Å². The predicted molar refractivity (Wildman–Crippen MR) is 110 cm³/mol. The Balaban J connectivity index is 1.60. The third-order valence-corrected chi connectivity index (χ3v) is 5.89. The number of amides is 1. The molecule has 3 aromatic heterocycles. The summed E-state index contributed by atoms with van der Waals surface area (Å²) < 4.78 is 3.21. The van der Waals surface area contributed by atoms with E-state index in [1.54, 1.807) is 11.3 Å². The summed E-state index contributed by atoms with van der Waals surface area (Å²) in [6.45, 7) is 6.24. The van der Waals surface area contributed by atoms with Gasteiger partial charge in [-0.05, 0) is 38.3 Å². The van der Waals surface area contributed by atoms with Crippen LogP contribution in [0, 0.1) is 6.92 Å². The number of rotatable bonds is 4. The average molecular weight is 382 g/mol. The summed E-state index contributed by atoms with van der Waals surface area (Å²) in [6.07, 6.45) is 0. The maximum Gasteiger partial charge on any atom is 0.274 e. The molecule has 0 aliphatic carbocycles. The van der Waals surface area contributed by atoms with Crippen LogP contribution in [0.3, 0.4) is 0 Å². The van der Waals surface area contributed by atoms with Gasteiger partial charge in [0.25, 0.3) is 5.91 Å². The molecule has 1 aromatic carbocycles. The van der Waals surface area contributed by atoms with Crippen LogP contribution in [0.25, 0.3) is 21.5 Å². The van der Waals surface area contributed by atoms with Crippen LogP contribution >= 0.6 is 22.7 Å². The van der Waals surface area contributed by atoms with Crippen molar-refractivity contribution in [1.82, 2.24) is 9.55 Å². The molecular weight excluding hydrogens is 362 g/mol. The van der Waals surface area contributed by atoms with E-state index in [0.29, 0.717) is 10.8 Å². The van der Waals surface area contributed by atoms with Crippen LogP contribution in [-0.2, 0) is 0 Å². The number of anilines is 1. The van der Waals surface area contributed by atoms with Gasteiger partial charge in [0.05, 0.1) is 15.9 Å². The highest BCUT2D eigenvalue weighted by Gasteiger charge is 2.19. The summed E-state index contributed by atoms with van der Waals surface area (Å²) in [5, 5.41) is 7.60. The number of carbonyl (C=O) groups is 1. The lowest BCUT2D eigenvalue weighted by Gasteiger charge is -2.13. The molecule has 4 rings (SSSR count). The second-order valence-corrected chi connectivity index (χ2v) is 8.33.